The predicted molar refractivity (Wildman–Crippen MR) is 123 cm³/mol. The second-order valence-corrected chi connectivity index (χ2v) is 7.99. The van der Waals surface area contributed by atoms with Gasteiger partial charge in [0.15, 0.2) is 10.8 Å². The Hall–Kier alpha value is -2.65. The smallest absolute Gasteiger partial charge is 0.330 e. The Morgan fingerprint density at radius 3 is 2.48 bits per heavy atom. The van der Waals surface area contributed by atoms with E-state index in [2.05, 4.69) is 10.3 Å². The van der Waals surface area contributed by atoms with Gasteiger partial charge in [-0.3, -0.25) is 14.3 Å². The molecule has 0 aliphatic heterocycles. The van der Waals surface area contributed by atoms with Gasteiger partial charge in [-0.15, -0.1) is 0 Å². The Balaban J connectivity index is 2.44. The summed E-state index contributed by atoms with van der Waals surface area (Å²) in [5, 5.41) is 3.58. The average Bonchev–Trinajstić information content (AvgIpc) is 2.64. The number of H-pyrrole nitrogens is 1. The van der Waals surface area contributed by atoms with E-state index in [0.29, 0.717) is 18.2 Å². The maximum atomic E-state index is 12.7. The number of thiocarbonyl (C=S) groups is 1. The summed E-state index contributed by atoms with van der Waals surface area (Å²) in [6.45, 7) is 6.22. The number of rotatable bonds is 8. The van der Waals surface area contributed by atoms with E-state index in [1.54, 1.807) is 4.90 Å². The van der Waals surface area contributed by atoms with Gasteiger partial charge < -0.3 is 20.9 Å². The largest absolute Gasteiger partial charge is 0.383 e. The number of aromatic nitrogens is 2. The Bertz CT molecular complexity index is 936. The van der Waals surface area contributed by atoms with E-state index >= 15 is 0 Å². The average molecular weight is 419 g/mol. The Labute approximate surface area is 176 Å². The minimum absolute atomic E-state index is 0.0972. The Kier molecular flexibility index (Phi) is 7.98. The van der Waals surface area contributed by atoms with Gasteiger partial charge >= 0.3 is 5.69 Å². The van der Waals surface area contributed by atoms with Crippen LogP contribution in [0.15, 0.2) is 39.9 Å². The third-order valence-corrected chi connectivity index (χ3v) is 4.66. The fraction of sp³-hybridized carbons (Fsp3) is 0.450. The van der Waals surface area contributed by atoms with Crippen LogP contribution in [0, 0.1) is 5.92 Å². The minimum Gasteiger partial charge on any atom is -0.383 e. The van der Waals surface area contributed by atoms with Crippen molar-refractivity contribution >= 4 is 28.8 Å². The maximum Gasteiger partial charge on any atom is 0.330 e. The number of hydrogen-bond acceptors (Lipinski definition) is 5. The normalized spacial score (nSPS) is 11.1. The molecule has 2 aromatic rings. The monoisotopic (exact) mass is 418 g/mol. The lowest BCUT2D eigenvalue weighted by Crippen LogP contribution is -2.48. The number of benzene rings is 1. The molecule has 0 saturated carbocycles. The van der Waals surface area contributed by atoms with Crippen molar-refractivity contribution in [1.29, 1.82) is 0 Å². The molecule has 0 radical (unpaired) electrons. The van der Waals surface area contributed by atoms with Crippen molar-refractivity contribution in [3.05, 3.63) is 56.7 Å². The summed E-state index contributed by atoms with van der Waals surface area (Å²) in [4.78, 5) is 31.2. The van der Waals surface area contributed by atoms with E-state index in [-0.39, 0.29) is 24.0 Å². The second-order valence-electron chi connectivity index (χ2n) is 7.60. The van der Waals surface area contributed by atoms with Gasteiger partial charge in [-0.25, -0.2) is 4.79 Å². The summed E-state index contributed by atoms with van der Waals surface area (Å²) >= 11 is 5.55. The highest BCUT2D eigenvalue weighted by Crippen LogP contribution is 2.19. The van der Waals surface area contributed by atoms with Gasteiger partial charge in [0.1, 0.15) is 5.82 Å². The van der Waals surface area contributed by atoms with Crippen molar-refractivity contribution in [2.24, 2.45) is 5.92 Å². The molecule has 0 bridgehead atoms. The van der Waals surface area contributed by atoms with Crippen molar-refractivity contribution in [2.75, 3.05) is 44.4 Å². The van der Waals surface area contributed by atoms with Crippen LogP contribution in [0.4, 0.5) is 11.5 Å². The van der Waals surface area contributed by atoms with E-state index in [9.17, 15) is 9.59 Å². The topological polar surface area (TPSA) is 99.4 Å². The molecule has 1 heterocycles. The molecule has 4 N–H and O–H groups in total. The van der Waals surface area contributed by atoms with Crippen LogP contribution in [0.3, 0.4) is 0 Å². The first kappa shape index (κ1) is 22.6. The summed E-state index contributed by atoms with van der Waals surface area (Å²) in [6, 6.07) is 9.47. The first-order chi connectivity index (χ1) is 13.7. The predicted octanol–water partition coefficient (Wildman–Crippen LogP) is 1.07. The lowest BCUT2D eigenvalue weighted by molar-refractivity contribution is 0.412. The summed E-state index contributed by atoms with van der Waals surface area (Å²) in [5.74, 6) is 0.317. The van der Waals surface area contributed by atoms with Crippen LogP contribution in [0.5, 0.6) is 0 Å². The molecule has 1 aromatic carbocycles. The molecule has 29 heavy (non-hydrogen) atoms. The molecule has 0 fully saturated rings. The van der Waals surface area contributed by atoms with Gasteiger partial charge in [0.2, 0.25) is 0 Å². The number of likely N-dealkylation sites (N-methyl/N-ethyl adjacent to an activating group) is 1. The molecule has 0 spiro atoms. The van der Waals surface area contributed by atoms with Gasteiger partial charge in [-0.1, -0.05) is 44.2 Å². The van der Waals surface area contributed by atoms with Crippen LogP contribution < -0.4 is 27.2 Å². The first-order valence-corrected chi connectivity index (χ1v) is 9.98. The van der Waals surface area contributed by atoms with Crippen LogP contribution >= 0.6 is 12.2 Å². The SMILES string of the molecule is CC(C)CN(C(=S)NCCN(C)C)c1c(N)n(Cc2ccccc2)c(=O)[nH]c1=O. The highest BCUT2D eigenvalue weighted by atomic mass is 32.1. The highest BCUT2D eigenvalue weighted by molar-refractivity contribution is 7.80. The fourth-order valence-electron chi connectivity index (χ4n) is 2.88. The van der Waals surface area contributed by atoms with E-state index < -0.39 is 11.2 Å². The molecule has 1 aromatic heterocycles. The van der Waals surface area contributed by atoms with Gasteiger partial charge in [0.25, 0.3) is 5.56 Å². The first-order valence-electron chi connectivity index (χ1n) is 9.57. The zero-order valence-electron chi connectivity index (χ0n) is 17.4. The van der Waals surface area contributed by atoms with Crippen molar-refractivity contribution in [3.8, 4) is 0 Å². The quantitative estimate of drug-likeness (QED) is 0.552. The number of anilines is 2. The Morgan fingerprint density at radius 2 is 1.90 bits per heavy atom. The summed E-state index contributed by atoms with van der Waals surface area (Å²) in [5.41, 5.74) is 6.33. The van der Waals surface area contributed by atoms with E-state index in [0.717, 1.165) is 12.1 Å². The molecule has 0 amide bonds. The molecule has 0 saturated heterocycles. The third kappa shape index (κ3) is 6.16. The molecular weight excluding hydrogens is 388 g/mol. The maximum absolute atomic E-state index is 12.7. The third-order valence-electron chi connectivity index (χ3n) is 4.30. The van der Waals surface area contributed by atoms with E-state index in [4.69, 9.17) is 18.0 Å². The fourth-order valence-corrected chi connectivity index (χ4v) is 3.15. The molecule has 158 valence electrons. The Morgan fingerprint density at radius 1 is 1.24 bits per heavy atom. The molecule has 0 unspecified atom stereocenters. The summed E-state index contributed by atoms with van der Waals surface area (Å²) in [6.07, 6.45) is 0. The molecule has 0 aliphatic carbocycles. The van der Waals surface area contributed by atoms with Crippen LogP contribution in [-0.2, 0) is 6.54 Å². The zero-order valence-corrected chi connectivity index (χ0v) is 18.3. The number of nitrogens with one attached hydrogen (secondary N) is 2. The van der Waals surface area contributed by atoms with Gasteiger partial charge in [-0.2, -0.15) is 0 Å². The van der Waals surface area contributed by atoms with Crippen molar-refractivity contribution in [1.82, 2.24) is 19.8 Å². The van der Waals surface area contributed by atoms with Crippen molar-refractivity contribution < 1.29 is 0 Å². The van der Waals surface area contributed by atoms with Crippen LogP contribution in [-0.4, -0.2) is 53.3 Å². The van der Waals surface area contributed by atoms with E-state index in [1.807, 2.05) is 63.2 Å². The number of aromatic amines is 1. The van der Waals surface area contributed by atoms with Crippen molar-refractivity contribution in [3.63, 3.8) is 0 Å². The van der Waals surface area contributed by atoms with Crippen LogP contribution in [0.1, 0.15) is 19.4 Å². The van der Waals surface area contributed by atoms with E-state index in [1.165, 1.54) is 4.57 Å². The lowest BCUT2D eigenvalue weighted by atomic mass is 10.2. The van der Waals surface area contributed by atoms with Crippen LogP contribution in [0.25, 0.3) is 0 Å². The number of nitrogens with zero attached hydrogens (tertiary/aromatic N) is 3. The summed E-state index contributed by atoms with van der Waals surface area (Å²) < 4.78 is 1.36. The molecule has 0 atom stereocenters. The lowest BCUT2D eigenvalue weighted by Gasteiger charge is -2.29. The number of nitrogen functional groups attached to an aromatic ring is 1. The van der Waals surface area contributed by atoms with Crippen LogP contribution in [0.2, 0.25) is 0 Å². The molecule has 8 nitrogen and oxygen atoms in total. The standard InChI is InChI=1S/C20H30N6O2S/c1-14(2)12-25(20(29)22-10-11-24(3)4)16-17(21)26(19(28)23-18(16)27)13-15-8-6-5-7-9-15/h5-9,14H,10-13,21H2,1-4H3,(H,22,29)(H,23,27,28). The van der Waals surface area contributed by atoms with Crippen molar-refractivity contribution in [2.45, 2.75) is 20.4 Å². The van der Waals surface area contributed by atoms with Gasteiger partial charge in [0.05, 0.1) is 6.54 Å². The molecule has 9 heteroatoms. The number of hydrogen-bond donors (Lipinski definition) is 3. The molecule has 2 rings (SSSR count). The minimum atomic E-state index is -0.547. The molecular formula is C20H30N6O2S. The molecule has 0 aliphatic rings. The highest BCUT2D eigenvalue weighted by Gasteiger charge is 2.23. The second kappa shape index (κ2) is 10.2. The zero-order chi connectivity index (χ0) is 21.6. The van der Waals surface area contributed by atoms with Gasteiger partial charge in [0, 0.05) is 19.6 Å². The number of nitrogens with two attached hydrogens (primary N) is 1. The summed E-state index contributed by atoms with van der Waals surface area (Å²) in [7, 11) is 3.94. The van der Waals surface area contributed by atoms with Gasteiger partial charge in [-0.05, 0) is 37.8 Å².